The van der Waals surface area contributed by atoms with E-state index in [0.29, 0.717) is 0 Å². The zero-order valence-electron chi connectivity index (χ0n) is 38.4. The largest absolute Gasteiger partial charge is 0.311 e. The molecule has 0 aliphatic heterocycles. The molecule has 0 aliphatic carbocycles. The molecular weight excluding hydrogens is 809 g/mol. The quantitative estimate of drug-likeness (QED) is 0.107. The van der Waals surface area contributed by atoms with Crippen molar-refractivity contribution in [3.63, 3.8) is 0 Å². The van der Waals surface area contributed by atoms with Crippen LogP contribution in [0.1, 0.15) is 61.9 Å². The Morgan fingerprint density at radius 3 is 0.701 bits per heavy atom. The minimum Gasteiger partial charge on any atom is -0.311 e. The van der Waals surface area contributed by atoms with E-state index >= 15 is 0 Å². The summed E-state index contributed by atoms with van der Waals surface area (Å²) in [5.74, 6) is 0.270. The second-order valence-corrected chi connectivity index (χ2v) is 17.6. The zero-order chi connectivity index (χ0) is 45.5. The van der Waals surface area contributed by atoms with Gasteiger partial charge in [0.2, 0.25) is 0 Å². The number of benzene rings is 10. The Kier molecular flexibility index (Phi) is 12.4. The van der Waals surface area contributed by atoms with Crippen LogP contribution in [0.2, 0.25) is 0 Å². The van der Waals surface area contributed by atoms with Crippen LogP contribution in [0.3, 0.4) is 0 Å². The molecule has 0 aliphatic rings. The first-order valence-electron chi connectivity index (χ1n) is 23.3. The van der Waals surface area contributed by atoms with Crippen LogP contribution in [-0.2, 0) is 0 Å². The van der Waals surface area contributed by atoms with E-state index in [4.69, 9.17) is 0 Å². The first-order valence-corrected chi connectivity index (χ1v) is 23.3. The molecule has 0 amide bonds. The maximum Gasteiger partial charge on any atom is 0.0462 e. The van der Waals surface area contributed by atoms with Crippen LogP contribution in [0.15, 0.2) is 261 Å². The molecule has 1 unspecified atom stereocenters. The normalized spacial score (nSPS) is 11.6. The van der Waals surface area contributed by atoms with Crippen LogP contribution in [0, 0.1) is 20.8 Å². The summed E-state index contributed by atoms with van der Waals surface area (Å²) in [4.78, 5) is 4.68. The highest BCUT2D eigenvalue weighted by Crippen LogP contribution is 2.41. The fourth-order valence-corrected chi connectivity index (χ4v) is 9.36. The zero-order valence-corrected chi connectivity index (χ0v) is 38.4. The van der Waals surface area contributed by atoms with E-state index in [2.05, 4.69) is 291 Å². The number of anilines is 6. The second kappa shape index (κ2) is 19.5. The maximum atomic E-state index is 2.34. The number of aryl methyl sites for hydroxylation is 3. The molecule has 10 aromatic rings. The monoisotopic (exact) mass is 862 g/mol. The van der Waals surface area contributed by atoms with Crippen molar-refractivity contribution >= 4 is 34.1 Å². The van der Waals surface area contributed by atoms with Gasteiger partial charge in [0.15, 0.2) is 0 Å². The van der Waals surface area contributed by atoms with E-state index in [0.717, 1.165) is 45.3 Å². The predicted octanol–water partition coefficient (Wildman–Crippen LogP) is 17.6. The van der Waals surface area contributed by atoms with Crippen molar-refractivity contribution in [3.05, 3.63) is 311 Å². The van der Waals surface area contributed by atoms with E-state index < -0.39 is 0 Å². The molecule has 0 fully saturated rings. The minimum atomic E-state index is 0.133. The van der Waals surface area contributed by atoms with Crippen LogP contribution in [0.4, 0.5) is 34.1 Å². The molecule has 0 saturated carbocycles. The van der Waals surface area contributed by atoms with Gasteiger partial charge in [0.1, 0.15) is 0 Å². The Bertz CT molecular complexity index is 3080. The van der Waals surface area contributed by atoms with Crippen molar-refractivity contribution in [1.29, 1.82) is 0 Å². The van der Waals surface area contributed by atoms with Gasteiger partial charge in [-0.25, -0.2) is 0 Å². The van der Waals surface area contributed by atoms with Gasteiger partial charge in [-0.15, -0.1) is 0 Å². The molecule has 2 heteroatoms. The Balaban J connectivity index is 0.932. The van der Waals surface area contributed by atoms with Crippen LogP contribution >= 0.6 is 0 Å². The van der Waals surface area contributed by atoms with Gasteiger partial charge in [0.25, 0.3) is 0 Å². The maximum absolute atomic E-state index is 2.34. The molecule has 67 heavy (non-hydrogen) atoms. The van der Waals surface area contributed by atoms with Crippen LogP contribution < -0.4 is 9.80 Å². The molecule has 0 heterocycles. The SMILES string of the molecule is Cc1ccc(C(c2ccccc2)c2ccc(N(c3ccccc3)c3ccc(-c4ccc(N(c5ccccc5)c5ccc(C(c6ccc(C)cc6)c6ccc(C)cc6)cc5)cc4)cc3)cc2)cc1. The summed E-state index contributed by atoms with van der Waals surface area (Å²) in [5.41, 5.74) is 20.4. The number of nitrogens with zero attached hydrogens (tertiary/aromatic N) is 2. The summed E-state index contributed by atoms with van der Waals surface area (Å²) in [6, 6.07) is 95.2. The van der Waals surface area contributed by atoms with Gasteiger partial charge in [-0.1, -0.05) is 205 Å². The molecule has 0 N–H and O–H groups in total. The van der Waals surface area contributed by atoms with Gasteiger partial charge < -0.3 is 9.80 Å². The standard InChI is InChI=1S/C65H54N2/c1-47-19-25-53(26-20-47)64(52-13-7-4-8-14-52)56-35-43-62(44-36-56)66(58-15-9-5-10-16-58)60-39-31-50(32-40-60)51-33-41-61(42-34-51)67(59-17-11-6-12-18-59)63-45-37-57(38-46-63)65(54-27-21-48(2)22-28-54)55-29-23-49(3)24-30-55/h4-46,64-65H,1-3H3. The van der Waals surface area contributed by atoms with E-state index in [9.17, 15) is 0 Å². The number of hydrogen-bond donors (Lipinski definition) is 0. The van der Waals surface area contributed by atoms with Gasteiger partial charge in [-0.3, -0.25) is 0 Å². The van der Waals surface area contributed by atoms with E-state index in [1.807, 2.05) is 0 Å². The van der Waals surface area contributed by atoms with Gasteiger partial charge >= 0.3 is 0 Å². The lowest BCUT2D eigenvalue weighted by Crippen LogP contribution is -2.10. The molecule has 1 atom stereocenters. The fraction of sp³-hybridized carbons (Fsp3) is 0.0769. The molecule has 10 aromatic carbocycles. The fourth-order valence-electron chi connectivity index (χ4n) is 9.36. The Hall–Kier alpha value is -8.20. The van der Waals surface area contributed by atoms with Crippen LogP contribution in [0.5, 0.6) is 0 Å². The molecular formula is C65H54N2. The lowest BCUT2D eigenvalue weighted by molar-refractivity contribution is 0.974. The molecule has 0 saturated heterocycles. The van der Waals surface area contributed by atoms with Crippen LogP contribution in [0.25, 0.3) is 11.1 Å². The van der Waals surface area contributed by atoms with Crippen molar-refractivity contribution in [3.8, 4) is 11.1 Å². The first kappa shape index (κ1) is 42.7. The van der Waals surface area contributed by atoms with Crippen molar-refractivity contribution < 1.29 is 0 Å². The summed E-state index contributed by atoms with van der Waals surface area (Å²) in [6.07, 6.45) is 0. The first-order chi connectivity index (χ1) is 32.9. The highest BCUT2D eigenvalue weighted by atomic mass is 15.1. The van der Waals surface area contributed by atoms with Crippen molar-refractivity contribution in [1.82, 2.24) is 0 Å². The third-order valence-corrected chi connectivity index (χ3v) is 12.9. The Labute approximate surface area is 396 Å². The average molecular weight is 863 g/mol. The second-order valence-electron chi connectivity index (χ2n) is 17.6. The van der Waals surface area contributed by atoms with Gasteiger partial charge in [-0.05, 0) is 138 Å². The Morgan fingerprint density at radius 1 is 0.209 bits per heavy atom. The summed E-state index contributed by atoms with van der Waals surface area (Å²) in [7, 11) is 0. The third kappa shape index (κ3) is 9.48. The molecule has 0 radical (unpaired) electrons. The summed E-state index contributed by atoms with van der Waals surface area (Å²) < 4.78 is 0. The minimum absolute atomic E-state index is 0.133. The average Bonchev–Trinajstić information content (AvgIpc) is 3.38. The molecule has 2 nitrogen and oxygen atoms in total. The summed E-state index contributed by atoms with van der Waals surface area (Å²) >= 11 is 0. The molecule has 10 rings (SSSR count). The van der Waals surface area contributed by atoms with Gasteiger partial charge in [0, 0.05) is 46.0 Å². The van der Waals surface area contributed by atoms with Crippen molar-refractivity contribution in [2.75, 3.05) is 9.80 Å². The number of hydrogen-bond acceptors (Lipinski definition) is 2. The molecule has 0 spiro atoms. The highest BCUT2D eigenvalue weighted by Gasteiger charge is 2.21. The Morgan fingerprint density at radius 2 is 0.418 bits per heavy atom. The number of rotatable bonds is 13. The number of para-hydroxylation sites is 2. The summed E-state index contributed by atoms with van der Waals surface area (Å²) in [6.45, 7) is 6.44. The highest BCUT2D eigenvalue weighted by molar-refractivity contribution is 5.81. The topological polar surface area (TPSA) is 6.48 Å². The van der Waals surface area contributed by atoms with Crippen molar-refractivity contribution in [2.45, 2.75) is 32.6 Å². The lowest BCUT2D eigenvalue weighted by Gasteiger charge is -2.27. The molecule has 324 valence electrons. The third-order valence-electron chi connectivity index (χ3n) is 12.9. The molecule has 0 bridgehead atoms. The van der Waals surface area contributed by atoms with Crippen molar-refractivity contribution in [2.24, 2.45) is 0 Å². The van der Waals surface area contributed by atoms with Gasteiger partial charge in [-0.2, -0.15) is 0 Å². The lowest BCUT2D eigenvalue weighted by atomic mass is 9.84. The van der Waals surface area contributed by atoms with Gasteiger partial charge in [0.05, 0.1) is 0 Å². The molecule has 0 aromatic heterocycles. The van der Waals surface area contributed by atoms with E-state index in [1.165, 1.54) is 50.1 Å². The van der Waals surface area contributed by atoms with E-state index in [-0.39, 0.29) is 11.8 Å². The van der Waals surface area contributed by atoms with E-state index in [1.54, 1.807) is 0 Å². The summed E-state index contributed by atoms with van der Waals surface area (Å²) in [5, 5.41) is 0. The smallest absolute Gasteiger partial charge is 0.0462 e. The predicted molar refractivity (Wildman–Crippen MR) is 283 cm³/mol. The van der Waals surface area contributed by atoms with Crippen LogP contribution in [-0.4, -0.2) is 0 Å².